The van der Waals surface area contributed by atoms with Gasteiger partial charge in [0, 0.05) is 49.0 Å². The number of piperidine rings is 1. The Labute approximate surface area is 284 Å². The number of Topliss-reactive ketones (excluding diaryl/α,β-unsaturated/α-hetero) is 1. The van der Waals surface area contributed by atoms with Crippen LogP contribution in [0, 0.1) is 10.1 Å². The molecule has 13 heteroatoms. The van der Waals surface area contributed by atoms with Crippen molar-refractivity contribution in [2.75, 3.05) is 39.7 Å². The largest absolute Gasteiger partial charge is 0.493 e. The first-order chi connectivity index (χ1) is 23.5. The summed E-state index contributed by atoms with van der Waals surface area (Å²) in [6.07, 6.45) is 3.33. The number of ether oxygens (including phenoxy) is 3. The molecule has 1 aliphatic rings. The number of methoxy groups -OCH3 is 3. The fourth-order valence-corrected chi connectivity index (χ4v) is 6.32. The smallest absolute Gasteiger partial charge is 0.269 e. The average molecular weight is 686 g/mol. The molecule has 1 fully saturated rings. The Morgan fingerprint density at radius 2 is 1.31 bits per heavy atom. The number of sulfonamides is 1. The van der Waals surface area contributed by atoms with Crippen LogP contribution in [-0.2, 0) is 19.6 Å². The van der Waals surface area contributed by atoms with Gasteiger partial charge in [0.15, 0.2) is 17.3 Å². The van der Waals surface area contributed by atoms with E-state index in [0.29, 0.717) is 34.1 Å². The van der Waals surface area contributed by atoms with Crippen molar-refractivity contribution >= 4 is 45.2 Å². The summed E-state index contributed by atoms with van der Waals surface area (Å²) >= 11 is 0. The van der Waals surface area contributed by atoms with E-state index in [4.69, 9.17) is 14.2 Å². The highest BCUT2D eigenvalue weighted by Crippen LogP contribution is 2.39. The first-order valence-corrected chi connectivity index (χ1v) is 16.3. The zero-order chi connectivity index (χ0) is 35.6. The molecule has 254 valence electrons. The SMILES string of the molecule is COc1cc(C=C2CN(S(=O)(=O)c3ccc(NC(C)=O)cc3)CC(=Cc3ccccc3)C2=O)cc(OC)c1OC.O=[N+]([O-])c1ccccc1. The molecule has 0 saturated carbocycles. The van der Waals surface area contributed by atoms with E-state index < -0.39 is 14.9 Å². The molecule has 0 unspecified atom stereocenters. The van der Waals surface area contributed by atoms with E-state index in [1.54, 1.807) is 42.5 Å². The van der Waals surface area contributed by atoms with E-state index in [1.165, 1.54) is 69.0 Å². The molecule has 1 aliphatic heterocycles. The van der Waals surface area contributed by atoms with Crippen molar-refractivity contribution in [1.29, 1.82) is 0 Å². The molecule has 5 rings (SSSR count). The molecule has 1 N–H and O–H groups in total. The van der Waals surface area contributed by atoms with Crippen LogP contribution >= 0.6 is 0 Å². The van der Waals surface area contributed by atoms with Gasteiger partial charge in [0.2, 0.25) is 21.7 Å². The van der Waals surface area contributed by atoms with Crippen molar-refractivity contribution in [2.24, 2.45) is 0 Å². The number of para-hydroxylation sites is 1. The van der Waals surface area contributed by atoms with Crippen molar-refractivity contribution in [3.63, 3.8) is 0 Å². The molecular formula is C36H35N3O9S. The van der Waals surface area contributed by atoms with Gasteiger partial charge in [0.25, 0.3) is 5.69 Å². The zero-order valence-electron chi connectivity index (χ0n) is 27.3. The number of hydrogen-bond donors (Lipinski definition) is 1. The number of carbonyl (C=O) groups is 2. The Bertz CT molecular complexity index is 1950. The topological polar surface area (TPSA) is 154 Å². The second kappa shape index (κ2) is 16.4. The van der Waals surface area contributed by atoms with Crippen molar-refractivity contribution in [1.82, 2.24) is 4.31 Å². The van der Waals surface area contributed by atoms with Crippen LogP contribution in [0.25, 0.3) is 12.2 Å². The average Bonchev–Trinajstić information content (AvgIpc) is 3.10. The number of non-ortho nitro benzene ring substituents is 1. The molecule has 0 radical (unpaired) electrons. The lowest BCUT2D eigenvalue weighted by molar-refractivity contribution is -0.384. The fraction of sp³-hybridized carbons (Fsp3) is 0.167. The van der Waals surface area contributed by atoms with Gasteiger partial charge >= 0.3 is 0 Å². The van der Waals surface area contributed by atoms with Crippen LogP contribution in [0.4, 0.5) is 11.4 Å². The first kappa shape index (κ1) is 36.1. The summed E-state index contributed by atoms with van der Waals surface area (Å²) in [4.78, 5) is 34.6. The lowest BCUT2D eigenvalue weighted by Crippen LogP contribution is -2.41. The molecule has 1 amide bonds. The first-order valence-electron chi connectivity index (χ1n) is 14.8. The van der Waals surface area contributed by atoms with Crippen molar-refractivity contribution in [3.8, 4) is 17.2 Å². The van der Waals surface area contributed by atoms with Gasteiger partial charge in [-0.1, -0.05) is 48.5 Å². The Balaban J connectivity index is 0.000000520. The number of nitro benzene ring substituents is 1. The van der Waals surface area contributed by atoms with E-state index in [1.807, 2.05) is 30.3 Å². The number of hydrogen-bond acceptors (Lipinski definition) is 9. The van der Waals surface area contributed by atoms with Gasteiger partial charge in [-0.25, -0.2) is 8.42 Å². The predicted molar refractivity (Wildman–Crippen MR) is 186 cm³/mol. The predicted octanol–water partition coefficient (Wildman–Crippen LogP) is 6.01. The Morgan fingerprint density at radius 1 is 0.796 bits per heavy atom. The van der Waals surface area contributed by atoms with Crippen LogP contribution in [0.3, 0.4) is 0 Å². The summed E-state index contributed by atoms with van der Waals surface area (Å²) in [5.74, 6) is 0.688. The molecule has 0 atom stereocenters. The van der Waals surface area contributed by atoms with Gasteiger partial charge in [0.1, 0.15) is 0 Å². The third kappa shape index (κ3) is 9.18. The number of benzene rings is 4. The highest BCUT2D eigenvalue weighted by molar-refractivity contribution is 7.89. The minimum absolute atomic E-state index is 0.0437. The highest BCUT2D eigenvalue weighted by Gasteiger charge is 2.34. The quantitative estimate of drug-likeness (QED) is 0.127. The van der Waals surface area contributed by atoms with Crippen LogP contribution in [0.2, 0.25) is 0 Å². The summed E-state index contributed by atoms with van der Waals surface area (Å²) in [6.45, 7) is 1.13. The number of nitrogens with zero attached hydrogens (tertiary/aromatic N) is 2. The molecule has 4 aromatic carbocycles. The standard InChI is InChI=1S/C30H30N2O7S.C6H5NO2/c1-20(33)31-25-10-12-26(13-11-25)40(35,36)32-18-23(14-21-8-6-5-7-9-21)29(34)24(19-32)15-22-16-27(37-2)30(39-4)28(17-22)38-3;8-7(9)6-4-2-1-3-5-6/h5-17H,18-19H2,1-4H3,(H,31,33);1-5H. The van der Waals surface area contributed by atoms with Gasteiger partial charge in [-0.15, -0.1) is 0 Å². The minimum atomic E-state index is -4.00. The van der Waals surface area contributed by atoms with E-state index in [9.17, 15) is 28.1 Å². The number of amides is 1. The second-order valence-corrected chi connectivity index (χ2v) is 12.5. The summed E-state index contributed by atoms with van der Waals surface area (Å²) < 4.78 is 45.0. The van der Waals surface area contributed by atoms with E-state index in [2.05, 4.69) is 5.32 Å². The van der Waals surface area contributed by atoms with Gasteiger partial charge in [-0.2, -0.15) is 4.31 Å². The van der Waals surface area contributed by atoms with Crippen LogP contribution in [0.15, 0.2) is 113 Å². The summed E-state index contributed by atoms with van der Waals surface area (Å²) in [6, 6.07) is 26.5. The van der Waals surface area contributed by atoms with Crippen molar-refractivity contribution < 1.29 is 37.1 Å². The van der Waals surface area contributed by atoms with Gasteiger partial charge < -0.3 is 19.5 Å². The summed E-state index contributed by atoms with van der Waals surface area (Å²) in [7, 11) is 0.480. The van der Waals surface area contributed by atoms with Gasteiger partial charge in [-0.3, -0.25) is 19.7 Å². The fourth-order valence-electron chi connectivity index (χ4n) is 4.93. The molecule has 0 aliphatic carbocycles. The maximum absolute atomic E-state index is 13.7. The second-order valence-electron chi connectivity index (χ2n) is 10.6. The molecule has 12 nitrogen and oxygen atoms in total. The van der Waals surface area contributed by atoms with Crippen LogP contribution in [0.1, 0.15) is 18.1 Å². The van der Waals surface area contributed by atoms with E-state index in [-0.39, 0.29) is 40.9 Å². The number of carbonyl (C=O) groups excluding carboxylic acids is 2. The van der Waals surface area contributed by atoms with Gasteiger partial charge in [-0.05, 0) is 59.7 Å². The molecule has 0 aromatic heterocycles. The molecule has 1 saturated heterocycles. The van der Waals surface area contributed by atoms with E-state index >= 15 is 0 Å². The zero-order valence-corrected chi connectivity index (χ0v) is 28.1. The Kier molecular flexibility index (Phi) is 12.0. The molecule has 0 spiro atoms. The van der Waals surface area contributed by atoms with Crippen LogP contribution < -0.4 is 19.5 Å². The highest BCUT2D eigenvalue weighted by atomic mass is 32.2. The normalized spacial score (nSPS) is 14.8. The van der Waals surface area contributed by atoms with Crippen molar-refractivity contribution in [2.45, 2.75) is 11.8 Å². The molecule has 49 heavy (non-hydrogen) atoms. The maximum atomic E-state index is 13.7. The lowest BCUT2D eigenvalue weighted by atomic mass is 9.95. The van der Waals surface area contributed by atoms with Crippen molar-refractivity contribution in [3.05, 3.63) is 129 Å². The number of nitro groups is 1. The molecule has 1 heterocycles. The minimum Gasteiger partial charge on any atom is -0.493 e. The number of anilines is 1. The molecule has 0 bridgehead atoms. The molecular weight excluding hydrogens is 650 g/mol. The Morgan fingerprint density at radius 3 is 1.76 bits per heavy atom. The maximum Gasteiger partial charge on any atom is 0.269 e. The Hall–Kier alpha value is -5.79. The van der Waals surface area contributed by atoms with Crippen LogP contribution in [-0.4, -0.2) is 63.8 Å². The number of nitrogens with one attached hydrogen (secondary N) is 1. The molecule has 4 aromatic rings. The van der Waals surface area contributed by atoms with E-state index in [0.717, 1.165) is 5.56 Å². The third-order valence-electron chi connectivity index (χ3n) is 7.22. The third-order valence-corrected chi connectivity index (χ3v) is 9.03. The summed E-state index contributed by atoms with van der Waals surface area (Å²) in [5, 5.41) is 12.6. The number of ketones is 1. The number of rotatable bonds is 9. The lowest BCUT2D eigenvalue weighted by Gasteiger charge is -2.29. The van der Waals surface area contributed by atoms with Crippen LogP contribution in [0.5, 0.6) is 17.2 Å². The monoisotopic (exact) mass is 685 g/mol. The van der Waals surface area contributed by atoms with Gasteiger partial charge in [0.05, 0.1) is 31.1 Å². The summed E-state index contributed by atoms with van der Waals surface area (Å²) in [5.41, 5.74) is 2.58.